The number of anilines is 2. The fourth-order valence-electron chi connectivity index (χ4n) is 2.49. The van der Waals surface area contributed by atoms with Gasteiger partial charge in [0.1, 0.15) is 17.5 Å². The van der Waals surface area contributed by atoms with Crippen LogP contribution in [0.2, 0.25) is 0 Å². The molecule has 0 saturated carbocycles. The Morgan fingerprint density at radius 3 is 2.80 bits per heavy atom. The Hall–Kier alpha value is -0.970. The van der Waals surface area contributed by atoms with E-state index >= 15 is 0 Å². The molecule has 0 bridgehead atoms. The van der Waals surface area contributed by atoms with Gasteiger partial charge in [0.2, 0.25) is 0 Å². The molecule has 0 spiro atoms. The largest absolute Gasteiger partial charge is 0.370 e. The highest BCUT2D eigenvalue weighted by molar-refractivity contribution is 7.99. The van der Waals surface area contributed by atoms with Crippen molar-refractivity contribution in [3.8, 4) is 0 Å². The van der Waals surface area contributed by atoms with Crippen molar-refractivity contribution < 1.29 is 0 Å². The van der Waals surface area contributed by atoms with Gasteiger partial charge in [-0.2, -0.15) is 11.8 Å². The molecule has 0 amide bonds. The number of rotatable bonds is 5. The third kappa shape index (κ3) is 3.78. The normalized spacial score (nSPS) is 16.1. The summed E-state index contributed by atoms with van der Waals surface area (Å²) in [4.78, 5) is 12.0. The summed E-state index contributed by atoms with van der Waals surface area (Å²) < 4.78 is 0. The maximum Gasteiger partial charge on any atom is 0.137 e. The van der Waals surface area contributed by atoms with Gasteiger partial charge < -0.3 is 10.2 Å². The molecule has 5 heteroatoms. The van der Waals surface area contributed by atoms with Crippen LogP contribution in [0.4, 0.5) is 11.6 Å². The van der Waals surface area contributed by atoms with Crippen LogP contribution < -0.4 is 10.2 Å². The highest BCUT2D eigenvalue weighted by atomic mass is 32.2. The van der Waals surface area contributed by atoms with E-state index in [0.717, 1.165) is 49.9 Å². The van der Waals surface area contributed by atoms with Crippen LogP contribution in [0.25, 0.3) is 0 Å². The molecule has 0 unspecified atom stereocenters. The molecule has 1 aliphatic heterocycles. The Bertz CT molecular complexity index is 428. The zero-order valence-electron chi connectivity index (χ0n) is 12.9. The van der Waals surface area contributed by atoms with E-state index < -0.39 is 0 Å². The molecule has 1 fully saturated rings. The van der Waals surface area contributed by atoms with Crippen molar-refractivity contribution in [1.29, 1.82) is 0 Å². The smallest absolute Gasteiger partial charge is 0.137 e. The van der Waals surface area contributed by atoms with Crippen molar-refractivity contribution >= 4 is 23.4 Å². The van der Waals surface area contributed by atoms with Gasteiger partial charge in [-0.05, 0) is 32.4 Å². The number of nitrogens with one attached hydrogen (secondary N) is 1. The Kier molecular flexibility index (Phi) is 5.95. The summed E-state index contributed by atoms with van der Waals surface area (Å²) in [6.07, 6.45) is 3.28. The van der Waals surface area contributed by atoms with E-state index in [9.17, 15) is 0 Å². The van der Waals surface area contributed by atoms with E-state index in [1.807, 2.05) is 11.8 Å². The van der Waals surface area contributed by atoms with E-state index in [1.54, 1.807) is 0 Å². The number of hydrogen-bond donors (Lipinski definition) is 1. The summed E-state index contributed by atoms with van der Waals surface area (Å²) in [5.74, 6) is 5.59. The molecule has 1 N–H and O–H groups in total. The van der Waals surface area contributed by atoms with E-state index in [4.69, 9.17) is 4.98 Å². The predicted molar refractivity (Wildman–Crippen MR) is 89.1 cm³/mol. The van der Waals surface area contributed by atoms with Crippen LogP contribution in [0.1, 0.15) is 38.1 Å². The molecule has 1 aromatic heterocycles. The maximum absolute atomic E-state index is 4.84. The van der Waals surface area contributed by atoms with Crippen LogP contribution in [0.15, 0.2) is 0 Å². The fraction of sp³-hybridized carbons (Fsp3) is 0.733. The first kappa shape index (κ1) is 15.4. The number of thioether (sulfide) groups is 1. The van der Waals surface area contributed by atoms with Crippen LogP contribution in [0, 0.1) is 6.92 Å². The first-order valence-electron chi connectivity index (χ1n) is 7.70. The molecule has 112 valence electrons. The molecule has 1 aliphatic rings. The van der Waals surface area contributed by atoms with Gasteiger partial charge in [-0.1, -0.05) is 6.92 Å². The quantitative estimate of drug-likeness (QED) is 0.903. The summed E-state index contributed by atoms with van der Waals surface area (Å²) in [5, 5.41) is 3.39. The van der Waals surface area contributed by atoms with Gasteiger partial charge in [-0.3, -0.25) is 0 Å². The van der Waals surface area contributed by atoms with Crippen LogP contribution in [-0.2, 0) is 6.42 Å². The number of nitrogens with zero attached hydrogens (tertiary/aromatic N) is 3. The molecule has 1 saturated heterocycles. The minimum atomic E-state index is 0.901. The summed E-state index contributed by atoms with van der Waals surface area (Å²) >= 11 is 2.05. The van der Waals surface area contributed by atoms with Gasteiger partial charge in [0.05, 0.1) is 0 Å². The molecular formula is C15H26N4S. The third-order valence-electron chi connectivity index (χ3n) is 3.51. The summed E-state index contributed by atoms with van der Waals surface area (Å²) in [5.41, 5.74) is 1.19. The Morgan fingerprint density at radius 2 is 2.05 bits per heavy atom. The van der Waals surface area contributed by atoms with E-state index in [2.05, 4.69) is 36.0 Å². The maximum atomic E-state index is 4.84. The zero-order valence-corrected chi connectivity index (χ0v) is 13.7. The Morgan fingerprint density at radius 1 is 1.20 bits per heavy atom. The molecule has 0 atom stereocenters. The SMILES string of the molecule is CCCc1nc(NCC)c(C)c(N2CCCSCC2)n1. The molecule has 0 aromatic carbocycles. The van der Waals surface area contributed by atoms with Crippen molar-refractivity contribution in [2.24, 2.45) is 0 Å². The highest BCUT2D eigenvalue weighted by Crippen LogP contribution is 2.26. The molecule has 0 aliphatic carbocycles. The van der Waals surface area contributed by atoms with Crippen LogP contribution in [-0.4, -0.2) is 41.1 Å². The van der Waals surface area contributed by atoms with Gasteiger partial charge in [0.25, 0.3) is 0 Å². The van der Waals surface area contributed by atoms with Crippen LogP contribution in [0.5, 0.6) is 0 Å². The molecule has 4 nitrogen and oxygen atoms in total. The Balaban J connectivity index is 2.32. The first-order chi connectivity index (χ1) is 9.76. The van der Waals surface area contributed by atoms with Gasteiger partial charge in [0.15, 0.2) is 0 Å². The number of hydrogen-bond acceptors (Lipinski definition) is 5. The topological polar surface area (TPSA) is 41.1 Å². The van der Waals surface area contributed by atoms with Crippen molar-refractivity contribution in [3.05, 3.63) is 11.4 Å². The lowest BCUT2D eigenvalue weighted by Gasteiger charge is -2.24. The minimum Gasteiger partial charge on any atom is -0.370 e. The Labute approximate surface area is 126 Å². The average molecular weight is 294 g/mol. The average Bonchev–Trinajstić information content (AvgIpc) is 2.72. The summed E-state index contributed by atoms with van der Waals surface area (Å²) in [6.45, 7) is 9.54. The second-order valence-electron chi connectivity index (χ2n) is 5.17. The lowest BCUT2D eigenvalue weighted by atomic mass is 10.2. The van der Waals surface area contributed by atoms with Crippen molar-refractivity contribution in [2.45, 2.75) is 40.0 Å². The molecule has 2 heterocycles. The minimum absolute atomic E-state index is 0.901. The molecule has 0 radical (unpaired) electrons. The predicted octanol–water partition coefficient (Wildman–Crippen LogP) is 3.11. The second kappa shape index (κ2) is 7.72. The molecule has 1 aromatic rings. The number of aryl methyl sites for hydroxylation is 1. The number of aromatic nitrogens is 2. The lowest BCUT2D eigenvalue weighted by molar-refractivity contribution is 0.769. The summed E-state index contributed by atoms with van der Waals surface area (Å²) in [7, 11) is 0. The second-order valence-corrected chi connectivity index (χ2v) is 6.40. The molecule has 20 heavy (non-hydrogen) atoms. The van der Waals surface area contributed by atoms with Gasteiger partial charge in [-0.15, -0.1) is 0 Å². The zero-order chi connectivity index (χ0) is 14.4. The van der Waals surface area contributed by atoms with E-state index in [1.165, 1.54) is 23.5 Å². The van der Waals surface area contributed by atoms with Crippen molar-refractivity contribution in [1.82, 2.24) is 9.97 Å². The lowest BCUT2D eigenvalue weighted by Crippen LogP contribution is -2.28. The fourth-order valence-corrected chi connectivity index (χ4v) is 3.38. The van der Waals surface area contributed by atoms with Gasteiger partial charge in [-0.25, -0.2) is 9.97 Å². The molecule has 2 rings (SSSR count). The van der Waals surface area contributed by atoms with Crippen molar-refractivity contribution in [3.63, 3.8) is 0 Å². The van der Waals surface area contributed by atoms with Crippen LogP contribution >= 0.6 is 11.8 Å². The molecular weight excluding hydrogens is 268 g/mol. The van der Waals surface area contributed by atoms with Gasteiger partial charge >= 0.3 is 0 Å². The van der Waals surface area contributed by atoms with E-state index in [0.29, 0.717) is 0 Å². The third-order valence-corrected chi connectivity index (χ3v) is 4.55. The van der Waals surface area contributed by atoms with Crippen LogP contribution in [0.3, 0.4) is 0 Å². The van der Waals surface area contributed by atoms with Crippen molar-refractivity contribution in [2.75, 3.05) is 41.4 Å². The van der Waals surface area contributed by atoms with Gasteiger partial charge in [0, 0.05) is 37.4 Å². The highest BCUT2D eigenvalue weighted by Gasteiger charge is 2.17. The first-order valence-corrected chi connectivity index (χ1v) is 8.85. The standard InChI is InChI=1S/C15H26N4S/c1-4-7-13-17-14(16-5-2)12(3)15(18-13)19-8-6-10-20-11-9-19/h4-11H2,1-3H3,(H,16,17,18). The monoisotopic (exact) mass is 294 g/mol. The summed E-state index contributed by atoms with van der Waals surface area (Å²) in [6, 6.07) is 0. The van der Waals surface area contributed by atoms with E-state index in [-0.39, 0.29) is 0 Å².